The highest BCUT2D eigenvalue weighted by Gasteiger charge is 2.24. The van der Waals surface area contributed by atoms with Crippen LogP contribution < -0.4 is 10.2 Å². The van der Waals surface area contributed by atoms with Crippen molar-refractivity contribution in [1.82, 2.24) is 4.98 Å². The molecule has 1 fully saturated rings. The molecule has 10 heteroatoms. The minimum atomic E-state index is -0.488. The van der Waals surface area contributed by atoms with Crippen molar-refractivity contribution in [2.75, 3.05) is 23.3 Å². The molecule has 3 aromatic carbocycles. The Morgan fingerprint density at radius 2 is 1.94 bits per heavy atom. The van der Waals surface area contributed by atoms with Crippen molar-refractivity contribution in [2.24, 2.45) is 5.92 Å². The van der Waals surface area contributed by atoms with E-state index in [9.17, 15) is 14.9 Å². The highest BCUT2D eigenvalue weighted by molar-refractivity contribution is 14.1. The summed E-state index contributed by atoms with van der Waals surface area (Å²) >= 11 is 8.53. The number of oxazole rings is 1. The van der Waals surface area contributed by atoms with Crippen molar-refractivity contribution >= 4 is 68.3 Å². The summed E-state index contributed by atoms with van der Waals surface area (Å²) in [5.41, 5.74) is 3.14. The Bertz CT molecular complexity index is 1480. The lowest BCUT2D eigenvalue weighted by atomic mass is 9.98. The quantitative estimate of drug-likeness (QED) is 0.145. The zero-order valence-corrected chi connectivity index (χ0v) is 22.2. The van der Waals surface area contributed by atoms with Crippen LogP contribution in [0.25, 0.3) is 22.6 Å². The molecule has 5 rings (SSSR count). The van der Waals surface area contributed by atoms with Crippen LogP contribution in [-0.4, -0.2) is 28.9 Å². The van der Waals surface area contributed by atoms with Crippen molar-refractivity contribution in [3.8, 4) is 11.5 Å². The predicted octanol–water partition coefficient (Wildman–Crippen LogP) is 7.15. The first kappa shape index (κ1) is 24.5. The maximum absolute atomic E-state index is 13.3. The molecular weight excluding hydrogens is 595 g/mol. The molecule has 0 unspecified atom stereocenters. The molecule has 1 aliphatic rings. The number of anilines is 2. The second-order valence-electron chi connectivity index (χ2n) is 8.91. The van der Waals surface area contributed by atoms with Gasteiger partial charge in [-0.1, -0.05) is 18.5 Å². The largest absolute Gasteiger partial charge is 0.436 e. The molecule has 36 heavy (non-hydrogen) atoms. The van der Waals surface area contributed by atoms with Gasteiger partial charge in [-0.3, -0.25) is 14.9 Å². The number of non-ortho nitro benzene ring substituents is 1. The van der Waals surface area contributed by atoms with Crippen molar-refractivity contribution in [3.05, 3.63) is 78.9 Å². The number of benzene rings is 3. The molecule has 0 atom stereocenters. The van der Waals surface area contributed by atoms with E-state index in [0.29, 0.717) is 44.9 Å². The van der Waals surface area contributed by atoms with E-state index in [0.717, 1.165) is 29.5 Å². The van der Waals surface area contributed by atoms with E-state index >= 15 is 0 Å². The summed E-state index contributed by atoms with van der Waals surface area (Å²) in [6.07, 6.45) is 2.02. The molecule has 1 aliphatic heterocycles. The highest BCUT2D eigenvalue weighted by Crippen LogP contribution is 2.33. The number of aromatic nitrogens is 1. The molecule has 1 aromatic heterocycles. The predicted molar refractivity (Wildman–Crippen MR) is 149 cm³/mol. The molecule has 0 saturated carbocycles. The summed E-state index contributed by atoms with van der Waals surface area (Å²) < 4.78 is 6.89. The Morgan fingerprint density at radius 1 is 1.17 bits per heavy atom. The number of nitro groups is 1. The number of fused-ring (bicyclic) bond motifs is 1. The second kappa shape index (κ2) is 10.1. The number of piperidine rings is 1. The van der Waals surface area contributed by atoms with Crippen LogP contribution in [-0.2, 0) is 0 Å². The average Bonchev–Trinajstić information content (AvgIpc) is 3.29. The number of amides is 1. The normalized spacial score (nSPS) is 14.2. The van der Waals surface area contributed by atoms with E-state index in [4.69, 9.17) is 16.0 Å². The smallest absolute Gasteiger partial charge is 0.270 e. The van der Waals surface area contributed by atoms with Gasteiger partial charge in [0.2, 0.25) is 5.89 Å². The zero-order valence-electron chi connectivity index (χ0n) is 19.3. The van der Waals surface area contributed by atoms with Gasteiger partial charge in [0.1, 0.15) is 5.52 Å². The monoisotopic (exact) mass is 616 g/mol. The zero-order chi connectivity index (χ0) is 25.4. The van der Waals surface area contributed by atoms with Crippen LogP contribution in [0.15, 0.2) is 59.0 Å². The van der Waals surface area contributed by atoms with Crippen LogP contribution in [0.4, 0.5) is 17.1 Å². The Balaban J connectivity index is 1.45. The first-order valence-electron chi connectivity index (χ1n) is 11.5. The number of nitro benzene ring substituents is 1. The summed E-state index contributed by atoms with van der Waals surface area (Å²) in [6.45, 7) is 3.81. The number of hydrogen-bond donors (Lipinski definition) is 1. The van der Waals surface area contributed by atoms with E-state index in [1.165, 1.54) is 12.1 Å². The van der Waals surface area contributed by atoms with Gasteiger partial charge in [0, 0.05) is 34.5 Å². The van der Waals surface area contributed by atoms with Gasteiger partial charge in [-0.25, -0.2) is 4.98 Å². The van der Waals surface area contributed by atoms with Crippen LogP contribution >= 0.6 is 34.2 Å². The molecule has 0 bridgehead atoms. The molecule has 1 N–H and O–H groups in total. The molecule has 0 aliphatic carbocycles. The van der Waals surface area contributed by atoms with E-state index in [2.05, 4.69) is 44.7 Å². The number of halogens is 2. The van der Waals surface area contributed by atoms with Gasteiger partial charge in [0.15, 0.2) is 5.58 Å². The minimum absolute atomic E-state index is 0.125. The fourth-order valence-electron chi connectivity index (χ4n) is 4.32. The first-order valence-corrected chi connectivity index (χ1v) is 12.9. The SMILES string of the molecule is CC1CCN(c2ccc([N+](=O)[O-])cc2C(=O)Nc2ccc3oc(-c4cc(I)ccc4Cl)nc3c2)CC1. The van der Waals surface area contributed by atoms with E-state index in [-0.39, 0.29) is 11.3 Å². The van der Waals surface area contributed by atoms with Gasteiger partial charge < -0.3 is 14.6 Å². The van der Waals surface area contributed by atoms with Crippen LogP contribution in [0.5, 0.6) is 0 Å². The van der Waals surface area contributed by atoms with Crippen LogP contribution in [0.3, 0.4) is 0 Å². The lowest BCUT2D eigenvalue weighted by Gasteiger charge is -2.33. The summed E-state index contributed by atoms with van der Waals surface area (Å²) in [5, 5.41) is 14.8. The van der Waals surface area contributed by atoms with Gasteiger partial charge in [-0.05, 0) is 83.8 Å². The third kappa shape index (κ3) is 5.03. The maximum Gasteiger partial charge on any atom is 0.270 e. The molecule has 0 radical (unpaired) electrons. The Labute approximate surface area is 225 Å². The third-order valence-corrected chi connectivity index (χ3v) is 7.36. The Morgan fingerprint density at radius 3 is 2.69 bits per heavy atom. The maximum atomic E-state index is 13.3. The molecule has 1 saturated heterocycles. The molecule has 0 spiro atoms. The van der Waals surface area contributed by atoms with Gasteiger partial charge in [-0.2, -0.15) is 0 Å². The molecule has 1 amide bonds. The van der Waals surface area contributed by atoms with Gasteiger partial charge in [0.05, 0.1) is 26.8 Å². The first-order chi connectivity index (χ1) is 17.3. The van der Waals surface area contributed by atoms with Crippen molar-refractivity contribution < 1.29 is 14.1 Å². The van der Waals surface area contributed by atoms with Gasteiger partial charge >= 0.3 is 0 Å². The fourth-order valence-corrected chi connectivity index (χ4v) is 5.01. The molecular formula is C26H22ClIN4O4. The fraction of sp³-hybridized carbons (Fsp3) is 0.231. The second-order valence-corrected chi connectivity index (χ2v) is 10.6. The minimum Gasteiger partial charge on any atom is -0.436 e. The number of carbonyl (C=O) groups is 1. The van der Waals surface area contributed by atoms with Crippen molar-refractivity contribution in [2.45, 2.75) is 19.8 Å². The molecule has 2 heterocycles. The van der Waals surface area contributed by atoms with Crippen molar-refractivity contribution in [3.63, 3.8) is 0 Å². The number of nitrogens with one attached hydrogen (secondary N) is 1. The van der Waals surface area contributed by atoms with Crippen LogP contribution in [0.2, 0.25) is 5.02 Å². The number of nitrogens with zero attached hydrogens (tertiary/aromatic N) is 3. The lowest BCUT2D eigenvalue weighted by Crippen LogP contribution is -2.34. The summed E-state index contributed by atoms with van der Waals surface area (Å²) in [6, 6.07) is 15.2. The highest BCUT2D eigenvalue weighted by atomic mass is 127. The molecule has 8 nitrogen and oxygen atoms in total. The van der Waals surface area contributed by atoms with E-state index < -0.39 is 10.8 Å². The third-order valence-electron chi connectivity index (χ3n) is 6.36. The topological polar surface area (TPSA) is 102 Å². The summed E-state index contributed by atoms with van der Waals surface area (Å²) in [5.74, 6) is 0.582. The number of hydrogen-bond acceptors (Lipinski definition) is 6. The van der Waals surface area contributed by atoms with Crippen molar-refractivity contribution in [1.29, 1.82) is 0 Å². The molecule has 4 aromatic rings. The van der Waals surface area contributed by atoms with Crippen LogP contribution in [0.1, 0.15) is 30.1 Å². The number of carbonyl (C=O) groups excluding carboxylic acids is 1. The van der Waals surface area contributed by atoms with E-state index in [1.54, 1.807) is 30.3 Å². The lowest BCUT2D eigenvalue weighted by molar-refractivity contribution is -0.384. The van der Waals surface area contributed by atoms with E-state index in [1.807, 2.05) is 12.1 Å². The average molecular weight is 617 g/mol. The van der Waals surface area contributed by atoms with Gasteiger partial charge in [0.25, 0.3) is 11.6 Å². The van der Waals surface area contributed by atoms with Crippen LogP contribution in [0, 0.1) is 19.6 Å². The summed E-state index contributed by atoms with van der Waals surface area (Å²) in [7, 11) is 0. The Kier molecular flexibility index (Phi) is 6.85. The summed E-state index contributed by atoms with van der Waals surface area (Å²) in [4.78, 5) is 30.9. The standard InChI is InChI=1S/C26H22ClIN4O4/c1-15-8-10-31(11-9-15)23-6-4-18(32(34)35)14-20(23)25(33)29-17-3-7-24-22(13-17)30-26(36-24)19-12-16(28)2-5-21(19)27/h2-7,12-15H,8-11H2,1H3,(H,29,33). The number of rotatable bonds is 5. The molecule has 184 valence electrons. The Hall–Kier alpha value is -3.18. The van der Waals surface area contributed by atoms with Gasteiger partial charge in [-0.15, -0.1) is 0 Å².